The number of halogens is 2. The molecule has 0 aliphatic carbocycles. The van der Waals surface area contributed by atoms with Crippen molar-refractivity contribution >= 4 is 5.97 Å². The molecule has 0 saturated heterocycles. The van der Waals surface area contributed by atoms with Crippen molar-refractivity contribution in [3.63, 3.8) is 0 Å². The minimum atomic E-state index is -2.25. The maximum atomic E-state index is 15.0. The number of ether oxygens (including phenoxy) is 4. The van der Waals surface area contributed by atoms with Gasteiger partial charge in [-0.25, -0.2) is 13.6 Å². The molecule has 32 heavy (non-hydrogen) atoms. The van der Waals surface area contributed by atoms with Gasteiger partial charge in [0.25, 0.3) is 0 Å². The lowest BCUT2D eigenvalue weighted by atomic mass is 9.80. The van der Waals surface area contributed by atoms with Crippen molar-refractivity contribution in [2.45, 2.75) is 11.7 Å². The van der Waals surface area contributed by atoms with Gasteiger partial charge in [0.15, 0.2) is 5.60 Å². The lowest BCUT2D eigenvalue weighted by Gasteiger charge is -2.37. The summed E-state index contributed by atoms with van der Waals surface area (Å²) in [5.41, 5.74) is -2.76. The molecular weight excluding hydrogens is 426 g/mol. The van der Waals surface area contributed by atoms with Gasteiger partial charge in [0, 0.05) is 18.2 Å². The molecule has 3 rings (SSSR count). The Morgan fingerprint density at radius 2 is 1.38 bits per heavy atom. The zero-order chi connectivity index (χ0) is 23.3. The van der Waals surface area contributed by atoms with E-state index in [1.165, 1.54) is 56.7 Å². The summed E-state index contributed by atoms with van der Waals surface area (Å²) in [6, 6.07) is 11.4. The van der Waals surface area contributed by atoms with Crippen LogP contribution in [0.25, 0.3) is 0 Å². The molecule has 1 N–H and O–H groups in total. The Balaban J connectivity index is 2.27. The van der Waals surface area contributed by atoms with Crippen molar-refractivity contribution < 1.29 is 37.6 Å². The van der Waals surface area contributed by atoms with E-state index in [1.807, 2.05) is 0 Å². The van der Waals surface area contributed by atoms with Crippen LogP contribution in [0.3, 0.4) is 0 Å². The number of nitrogens with zero attached hydrogens (tertiary/aromatic N) is 2. The second-order valence-corrected chi connectivity index (χ2v) is 6.47. The minimum Gasteiger partial charge on any atom is -0.481 e. The number of benzene rings is 2. The van der Waals surface area contributed by atoms with E-state index in [4.69, 9.17) is 18.9 Å². The van der Waals surface area contributed by atoms with Gasteiger partial charge in [-0.3, -0.25) is 0 Å². The summed E-state index contributed by atoms with van der Waals surface area (Å²) < 4.78 is 51.2. The van der Waals surface area contributed by atoms with Crippen molar-refractivity contribution in [2.75, 3.05) is 21.3 Å². The highest BCUT2D eigenvalue weighted by Crippen LogP contribution is 2.41. The number of hydrogen-bond acceptors (Lipinski definition) is 7. The van der Waals surface area contributed by atoms with Crippen LogP contribution >= 0.6 is 0 Å². The summed E-state index contributed by atoms with van der Waals surface area (Å²) in [6.07, 6.45) is -2.02. The van der Waals surface area contributed by atoms with Crippen molar-refractivity contribution in [1.82, 2.24) is 9.97 Å². The number of aromatic nitrogens is 2. The predicted molar refractivity (Wildman–Crippen MR) is 108 cm³/mol. The number of aliphatic carboxylic acids is 1. The lowest BCUT2D eigenvalue weighted by Crippen LogP contribution is -2.51. The number of carbonyl (C=O) groups is 1. The molecule has 0 saturated carbocycles. The molecule has 0 aliphatic heterocycles. The molecule has 1 aromatic heterocycles. The van der Waals surface area contributed by atoms with Crippen molar-refractivity contribution in [3.05, 3.63) is 77.4 Å². The van der Waals surface area contributed by atoms with Gasteiger partial charge in [0.05, 0.1) is 20.3 Å². The number of methoxy groups -OCH3 is 3. The van der Waals surface area contributed by atoms with Gasteiger partial charge in [-0.05, 0) is 12.1 Å². The Kier molecular flexibility index (Phi) is 6.84. The molecule has 0 radical (unpaired) electrons. The van der Waals surface area contributed by atoms with E-state index in [-0.39, 0.29) is 22.9 Å². The number of hydrogen-bond donors (Lipinski definition) is 1. The monoisotopic (exact) mass is 446 g/mol. The molecule has 0 bridgehead atoms. The average Bonchev–Trinajstić information content (AvgIpc) is 2.80. The summed E-state index contributed by atoms with van der Waals surface area (Å²) in [4.78, 5) is 20.3. The third-order valence-corrected chi connectivity index (χ3v) is 4.76. The van der Waals surface area contributed by atoms with E-state index in [0.717, 1.165) is 19.2 Å². The van der Waals surface area contributed by atoms with Crippen molar-refractivity contribution in [3.8, 4) is 17.8 Å². The van der Waals surface area contributed by atoms with Crippen LogP contribution in [0.1, 0.15) is 11.1 Å². The molecule has 8 nitrogen and oxygen atoms in total. The standard InChI is InChI=1S/C22H20F2N2O6/c1-29-17-12-18(30-2)26-21(25-17)32-19(20(27)28)22(31-3,13-8-4-6-10-15(13)23)14-9-5-7-11-16(14)24/h4-12,19H,1-3H3,(H,27,28). The lowest BCUT2D eigenvalue weighted by molar-refractivity contribution is -0.161. The summed E-state index contributed by atoms with van der Waals surface area (Å²) >= 11 is 0. The van der Waals surface area contributed by atoms with Crippen LogP contribution in [-0.4, -0.2) is 48.5 Å². The first-order valence-electron chi connectivity index (χ1n) is 9.29. The normalized spacial score (nSPS) is 12.2. The number of carboxylic acids is 1. The van der Waals surface area contributed by atoms with Crippen LogP contribution in [0, 0.1) is 11.6 Å². The van der Waals surface area contributed by atoms with Crippen LogP contribution in [0.5, 0.6) is 17.8 Å². The van der Waals surface area contributed by atoms with E-state index in [0.29, 0.717) is 0 Å². The fourth-order valence-electron chi connectivity index (χ4n) is 3.34. The molecule has 0 spiro atoms. The quantitative estimate of drug-likeness (QED) is 0.535. The van der Waals surface area contributed by atoms with Crippen LogP contribution in [0.4, 0.5) is 8.78 Å². The van der Waals surface area contributed by atoms with Gasteiger partial charge >= 0.3 is 12.0 Å². The highest BCUT2D eigenvalue weighted by Gasteiger charge is 2.52. The minimum absolute atomic E-state index is 0.0239. The Hall–Kier alpha value is -3.79. The van der Waals surface area contributed by atoms with E-state index in [1.54, 1.807) is 0 Å². The highest BCUT2D eigenvalue weighted by molar-refractivity contribution is 5.76. The molecule has 1 atom stereocenters. The molecule has 3 aromatic rings. The van der Waals surface area contributed by atoms with E-state index < -0.39 is 35.3 Å². The fraction of sp³-hybridized carbons (Fsp3) is 0.227. The summed E-state index contributed by atoms with van der Waals surface area (Å²) in [7, 11) is 3.79. The van der Waals surface area contributed by atoms with Gasteiger partial charge in [-0.15, -0.1) is 0 Å². The smallest absolute Gasteiger partial charge is 0.348 e. The third-order valence-electron chi connectivity index (χ3n) is 4.76. The average molecular weight is 446 g/mol. The number of rotatable bonds is 9. The molecule has 168 valence electrons. The van der Waals surface area contributed by atoms with Gasteiger partial charge in [-0.2, -0.15) is 9.97 Å². The topological polar surface area (TPSA) is 100 Å². The first-order chi connectivity index (χ1) is 15.4. The first-order valence-corrected chi connectivity index (χ1v) is 9.29. The maximum Gasteiger partial charge on any atom is 0.348 e. The molecule has 0 amide bonds. The SMILES string of the molecule is COc1cc(OC)nc(OC(C(=O)O)C(OC)(c2ccccc2F)c2ccccc2F)n1. The van der Waals surface area contributed by atoms with E-state index in [2.05, 4.69) is 9.97 Å². The maximum absolute atomic E-state index is 15.0. The highest BCUT2D eigenvalue weighted by atomic mass is 19.1. The molecule has 0 aliphatic rings. The first kappa shape index (κ1) is 22.9. The van der Waals surface area contributed by atoms with E-state index in [9.17, 15) is 18.7 Å². The van der Waals surface area contributed by atoms with Crippen LogP contribution in [0.15, 0.2) is 54.6 Å². The van der Waals surface area contributed by atoms with Gasteiger partial charge < -0.3 is 24.1 Å². The van der Waals surface area contributed by atoms with Crippen molar-refractivity contribution in [1.29, 1.82) is 0 Å². The van der Waals surface area contributed by atoms with Gasteiger partial charge in [-0.1, -0.05) is 36.4 Å². The van der Waals surface area contributed by atoms with Crippen molar-refractivity contribution in [2.24, 2.45) is 0 Å². The van der Waals surface area contributed by atoms with Gasteiger partial charge in [0.1, 0.15) is 11.6 Å². The predicted octanol–water partition coefficient (Wildman–Crippen LogP) is 3.19. The zero-order valence-electron chi connectivity index (χ0n) is 17.4. The van der Waals surface area contributed by atoms with Crippen LogP contribution < -0.4 is 14.2 Å². The Morgan fingerprint density at radius 1 is 0.906 bits per heavy atom. The Labute approximate surface area is 182 Å². The fourth-order valence-corrected chi connectivity index (χ4v) is 3.34. The zero-order valence-corrected chi connectivity index (χ0v) is 17.4. The summed E-state index contributed by atoms with van der Waals surface area (Å²) in [5.74, 6) is -3.18. The largest absolute Gasteiger partial charge is 0.481 e. The molecule has 10 heteroatoms. The molecule has 0 fully saturated rings. The molecule has 1 heterocycles. The second-order valence-electron chi connectivity index (χ2n) is 6.47. The molecular formula is C22H20F2N2O6. The molecule has 1 unspecified atom stereocenters. The van der Waals surface area contributed by atoms with Crippen LogP contribution in [-0.2, 0) is 15.1 Å². The Morgan fingerprint density at radius 3 is 1.75 bits per heavy atom. The molecule has 2 aromatic carbocycles. The number of carboxylic acid groups (broad SMARTS) is 1. The summed E-state index contributed by atoms with van der Waals surface area (Å²) in [6.45, 7) is 0. The summed E-state index contributed by atoms with van der Waals surface area (Å²) in [5, 5.41) is 10.1. The second kappa shape index (κ2) is 9.56. The third kappa shape index (κ3) is 4.17. The van der Waals surface area contributed by atoms with E-state index >= 15 is 0 Å². The van der Waals surface area contributed by atoms with Crippen LogP contribution in [0.2, 0.25) is 0 Å². The Bertz CT molecular complexity index is 1040. The van der Waals surface area contributed by atoms with Gasteiger partial charge in [0.2, 0.25) is 17.9 Å².